The fourth-order valence-electron chi connectivity index (χ4n) is 2.85. The van der Waals surface area contributed by atoms with Gasteiger partial charge in [-0.05, 0) is 32.4 Å². The average Bonchev–Trinajstić information content (AvgIpc) is 2.95. The van der Waals surface area contributed by atoms with E-state index in [9.17, 15) is 4.79 Å². The van der Waals surface area contributed by atoms with Crippen LogP contribution in [0, 0.1) is 0 Å². The Morgan fingerprint density at radius 1 is 1.48 bits per heavy atom. The summed E-state index contributed by atoms with van der Waals surface area (Å²) in [4.78, 5) is 16.8. The van der Waals surface area contributed by atoms with E-state index in [0.29, 0.717) is 17.5 Å². The number of nitrogens with zero attached hydrogens (tertiary/aromatic N) is 1. The molecular weight excluding hydrogens is 330 g/mol. The van der Waals surface area contributed by atoms with Gasteiger partial charge in [0.15, 0.2) is 0 Å². The SMILES string of the molecule is CC1CC(NC(=O)Cc2csc(-c3ccccc3Cl)n2)CCN1. The number of thiazole rings is 1. The van der Waals surface area contributed by atoms with E-state index in [1.54, 1.807) is 0 Å². The van der Waals surface area contributed by atoms with Gasteiger partial charge in [-0.15, -0.1) is 11.3 Å². The smallest absolute Gasteiger partial charge is 0.226 e. The largest absolute Gasteiger partial charge is 0.353 e. The van der Waals surface area contributed by atoms with Crippen LogP contribution in [-0.2, 0) is 11.2 Å². The van der Waals surface area contributed by atoms with Gasteiger partial charge in [-0.1, -0.05) is 29.8 Å². The van der Waals surface area contributed by atoms with Crippen molar-refractivity contribution in [2.24, 2.45) is 0 Å². The Kier molecular flexibility index (Phi) is 5.30. The fourth-order valence-corrected chi connectivity index (χ4v) is 3.99. The normalized spacial score (nSPS) is 21.1. The molecule has 1 amide bonds. The summed E-state index contributed by atoms with van der Waals surface area (Å²) < 4.78 is 0. The fraction of sp³-hybridized carbons (Fsp3) is 0.412. The summed E-state index contributed by atoms with van der Waals surface area (Å²) in [7, 11) is 0. The van der Waals surface area contributed by atoms with Gasteiger partial charge in [-0.2, -0.15) is 0 Å². The molecule has 1 aliphatic heterocycles. The number of benzene rings is 1. The van der Waals surface area contributed by atoms with E-state index in [1.165, 1.54) is 11.3 Å². The van der Waals surface area contributed by atoms with Crippen LogP contribution in [0.1, 0.15) is 25.5 Å². The van der Waals surface area contributed by atoms with Crippen LogP contribution >= 0.6 is 22.9 Å². The first-order valence-corrected chi connectivity index (χ1v) is 9.09. The number of hydrogen-bond acceptors (Lipinski definition) is 4. The molecule has 1 aromatic heterocycles. The van der Waals surface area contributed by atoms with Crippen molar-refractivity contribution in [1.29, 1.82) is 0 Å². The highest BCUT2D eigenvalue weighted by atomic mass is 35.5. The predicted octanol–water partition coefficient (Wildman–Crippen LogP) is 3.26. The van der Waals surface area contributed by atoms with Crippen LogP contribution in [-0.4, -0.2) is 29.5 Å². The topological polar surface area (TPSA) is 54.0 Å². The first-order valence-electron chi connectivity index (χ1n) is 7.84. The zero-order valence-corrected chi connectivity index (χ0v) is 14.6. The molecule has 0 spiro atoms. The van der Waals surface area contributed by atoms with Gasteiger partial charge in [0.2, 0.25) is 5.91 Å². The lowest BCUT2D eigenvalue weighted by Gasteiger charge is -2.28. The van der Waals surface area contributed by atoms with E-state index in [1.807, 2.05) is 29.6 Å². The summed E-state index contributed by atoms with van der Waals surface area (Å²) in [6.07, 6.45) is 2.28. The minimum absolute atomic E-state index is 0.0418. The summed E-state index contributed by atoms with van der Waals surface area (Å²) >= 11 is 7.72. The molecule has 1 aromatic carbocycles. The summed E-state index contributed by atoms with van der Waals surface area (Å²) in [5.41, 5.74) is 1.71. The molecule has 3 rings (SSSR count). The predicted molar refractivity (Wildman–Crippen MR) is 94.9 cm³/mol. The highest BCUT2D eigenvalue weighted by molar-refractivity contribution is 7.13. The Morgan fingerprint density at radius 2 is 2.30 bits per heavy atom. The molecule has 0 saturated carbocycles. The van der Waals surface area contributed by atoms with Crippen molar-refractivity contribution in [3.8, 4) is 10.6 Å². The second-order valence-electron chi connectivity index (χ2n) is 5.94. The summed E-state index contributed by atoms with van der Waals surface area (Å²) in [5, 5.41) is 9.98. The van der Waals surface area contributed by atoms with E-state index >= 15 is 0 Å². The zero-order chi connectivity index (χ0) is 16.2. The molecule has 0 aliphatic carbocycles. The summed E-state index contributed by atoms with van der Waals surface area (Å²) in [6, 6.07) is 8.35. The maximum atomic E-state index is 12.2. The standard InChI is InChI=1S/C17H20ClN3OS/c1-11-8-12(6-7-19-11)20-16(22)9-13-10-23-17(21-13)14-4-2-3-5-15(14)18/h2-5,10-12,19H,6-9H2,1H3,(H,20,22). The first-order chi connectivity index (χ1) is 11.1. The first kappa shape index (κ1) is 16.4. The third kappa shape index (κ3) is 4.31. The monoisotopic (exact) mass is 349 g/mol. The van der Waals surface area contributed by atoms with Crippen molar-refractivity contribution in [2.75, 3.05) is 6.54 Å². The van der Waals surface area contributed by atoms with Crippen LogP contribution in [0.2, 0.25) is 5.02 Å². The lowest BCUT2D eigenvalue weighted by molar-refractivity contribution is -0.121. The number of carbonyl (C=O) groups is 1. The highest BCUT2D eigenvalue weighted by Gasteiger charge is 2.20. The molecule has 4 nitrogen and oxygen atoms in total. The van der Waals surface area contributed by atoms with Gasteiger partial charge >= 0.3 is 0 Å². The summed E-state index contributed by atoms with van der Waals surface area (Å²) in [5.74, 6) is 0.0418. The Labute approximate surface area is 145 Å². The third-order valence-electron chi connectivity index (χ3n) is 3.99. The van der Waals surface area contributed by atoms with Crippen molar-refractivity contribution < 1.29 is 4.79 Å². The van der Waals surface area contributed by atoms with E-state index in [2.05, 4.69) is 22.5 Å². The van der Waals surface area contributed by atoms with Crippen molar-refractivity contribution in [1.82, 2.24) is 15.6 Å². The number of nitrogens with one attached hydrogen (secondary N) is 2. The second-order valence-corrected chi connectivity index (χ2v) is 7.21. The number of hydrogen-bond donors (Lipinski definition) is 2. The van der Waals surface area contributed by atoms with E-state index in [4.69, 9.17) is 11.6 Å². The van der Waals surface area contributed by atoms with Crippen LogP contribution in [0.3, 0.4) is 0 Å². The second kappa shape index (κ2) is 7.43. The van der Waals surface area contributed by atoms with Gasteiger partial charge in [-0.25, -0.2) is 4.98 Å². The van der Waals surface area contributed by atoms with Crippen molar-refractivity contribution >= 4 is 28.8 Å². The molecule has 1 aliphatic rings. The molecule has 0 radical (unpaired) electrons. The molecule has 2 atom stereocenters. The third-order valence-corrected chi connectivity index (χ3v) is 5.24. The van der Waals surface area contributed by atoms with Crippen molar-refractivity contribution in [3.05, 3.63) is 40.4 Å². The molecule has 1 saturated heterocycles. The zero-order valence-electron chi connectivity index (χ0n) is 13.0. The molecule has 122 valence electrons. The Morgan fingerprint density at radius 3 is 3.09 bits per heavy atom. The van der Waals surface area contributed by atoms with Gasteiger partial charge in [0.05, 0.1) is 17.1 Å². The average molecular weight is 350 g/mol. The number of carbonyl (C=O) groups excluding carboxylic acids is 1. The van der Waals surface area contributed by atoms with Gasteiger partial charge in [0.25, 0.3) is 0 Å². The van der Waals surface area contributed by atoms with Crippen LogP contribution in [0.5, 0.6) is 0 Å². The molecule has 2 heterocycles. The van der Waals surface area contributed by atoms with Crippen LogP contribution in [0.4, 0.5) is 0 Å². The van der Waals surface area contributed by atoms with Gasteiger partial charge < -0.3 is 10.6 Å². The molecule has 1 fully saturated rings. The Balaban J connectivity index is 1.60. The van der Waals surface area contributed by atoms with E-state index in [0.717, 1.165) is 35.7 Å². The number of piperidine rings is 1. The quantitative estimate of drug-likeness (QED) is 0.890. The minimum atomic E-state index is 0.0418. The Hall–Kier alpha value is -1.43. The molecule has 6 heteroatoms. The van der Waals surface area contributed by atoms with Gasteiger partial charge in [0, 0.05) is 23.0 Å². The lowest BCUT2D eigenvalue weighted by Crippen LogP contribution is -2.46. The number of rotatable bonds is 4. The molecule has 0 bridgehead atoms. The van der Waals surface area contributed by atoms with E-state index in [-0.39, 0.29) is 11.9 Å². The maximum Gasteiger partial charge on any atom is 0.226 e. The highest BCUT2D eigenvalue weighted by Crippen LogP contribution is 2.30. The molecule has 23 heavy (non-hydrogen) atoms. The molecular formula is C17H20ClN3OS. The molecule has 2 N–H and O–H groups in total. The lowest BCUT2D eigenvalue weighted by atomic mass is 10.0. The summed E-state index contributed by atoms with van der Waals surface area (Å²) in [6.45, 7) is 3.11. The molecule has 2 unspecified atom stereocenters. The Bertz CT molecular complexity index is 688. The van der Waals surface area contributed by atoms with Crippen molar-refractivity contribution in [2.45, 2.75) is 38.3 Å². The van der Waals surface area contributed by atoms with E-state index < -0.39 is 0 Å². The molecule has 2 aromatic rings. The minimum Gasteiger partial charge on any atom is -0.353 e. The van der Waals surface area contributed by atoms with Crippen LogP contribution < -0.4 is 10.6 Å². The van der Waals surface area contributed by atoms with Crippen LogP contribution in [0.25, 0.3) is 10.6 Å². The van der Waals surface area contributed by atoms with Gasteiger partial charge in [-0.3, -0.25) is 4.79 Å². The van der Waals surface area contributed by atoms with Crippen LogP contribution in [0.15, 0.2) is 29.6 Å². The maximum absolute atomic E-state index is 12.2. The number of halogens is 1. The van der Waals surface area contributed by atoms with Crippen molar-refractivity contribution in [3.63, 3.8) is 0 Å². The van der Waals surface area contributed by atoms with Gasteiger partial charge in [0.1, 0.15) is 5.01 Å². The number of aromatic nitrogens is 1. The number of amides is 1.